The second-order valence-electron chi connectivity index (χ2n) is 6.50. The Labute approximate surface area is 150 Å². The van der Waals surface area contributed by atoms with Crippen LogP contribution in [0, 0.1) is 0 Å². The number of phenols is 1. The van der Waals surface area contributed by atoms with Crippen molar-refractivity contribution in [2.75, 3.05) is 5.73 Å². The SMILES string of the molecule is Nc1c(CCCCCC(O)O)cc(O)c2c1C(=O)c1ccccc1C2=O. The zero-order valence-corrected chi connectivity index (χ0v) is 14.2. The molecule has 0 radical (unpaired) electrons. The van der Waals surface area contributed by atoms with Crippen molar-refractivity contribution in [2.24, 2.45) is 0 Å². The van der Waals surface area contributed by atoms with Crippen LogP contribution in [0.3, 0.4) is 0 Å². The van der Waals surface area contributed by atoms with E-state index in [0.29, 0.717) is 36.8 Å². The van der Waals surface area contributed by atoms with Gasteiger partial charge in [0.05, 0.1) is 11.1 Å². The number of nitrogens with two attached hydrogens (primary N) is 1. The molecule has 0 spiro atoms. The molecule has 3 rings (SSSR count). The van der Waals surface area contributed by atoms with Crippen LogP contribution < -0.4 is 5.73 Å². The highest BCUT2D eigenvalue weighted by Gasteiger charge is 2.34. The summed E-state index contributed by atoms with van der Waals surface area (Å²) in [6.07, 6.45) is 1.64. The summed E-state index contributed by atoms with van der Waals surface area (Å²) in [5.74, 6) is -0.987. The molecule has 5 N–H and O–H groups in total. The summed E-state index contributed by atoms with van der Waals surface area (Å²) >= 11 is 0. The molecular formula is C20H21NO5. The van der Waals surface area contributed by atoms with E-state index in [9.17, 15) is 14.7 Å². The number of aromatic hydroxyl groups is 1. The lowest BCUT2D eigenvalue weighted by Gasteiger charge is -2.21. The molecule has 0 saturated carbocycles. The molecule has 6 nitrogen and oxygen atoms in total. The van der Waals surface area contributed by atoms with Gasteiger partial charge in [-0.3, -0.25) is 9.59 Å². The first-order valence-electron chi connectivity index (χ1n) is 8.60. The lowest BCUT2D eigenvalue weighted by Crippen LogP contribution is -2.23. The first kappa shape index (κ1) is 18.1. The van der Waals surface area contributed by atoms with Gasteiger partial charge in [0, 0.05) is 16.8 Å². The lowest BCUT2D eigenvalue weighted by atomic mass is 9.81. The first-order chi connectivity index (χ1) is 12.4. The normalized spacial score (nSPS) is 13.0. The van der Waals surface area contributed by atoms with E-state index in [1.54, 1.807) is 24.3 Å². The summed E-state index contributed by atoms with van der Waals surface area (Å²) in [4.78, 5) is 25.5. The highest BCUT2D eigenvalue weighted by atomic mass is 16.5. The molecule has 1 aliphatic carbocycles. The van der Waals surface area contributed by atoms with Crippen molar-refractivity contribution >= 4 is 17.3 Å². The van der Waals surface area contributed by atoms with Gasteiger partial charge in [0.25, 0.3) is 0 Å². The number of nitrogen functional groups attached to an aromatic ring is 1. The molecule has 6 heteroatoms. The summed E-state index contributed by atoms with van der Waals surface area (Å²) in [6, 6.07) is 7.96. The summed E-state index contributed by atoms with van der Waals surface area (Å²) < 4.78 is 0. The Morgan fingerprint density at radius 3 is 2.15 bits per heavy atom. The van der Waals surface area contributed by atoms with E-state index in [0.717, 1.165) is 6.42 Å². The molecule has 136 valence electrons. The fraction of sp³-hybridized carbons (Fsp3) is 0.300. The number of aliphatic hydroxyl groups is 2. The van der Waals surface area contributed by atoms with Crippen LogP contribution >= 0.6 is 0 Å². The van der Waals surface area contributed by atoms with Gasteiger partial charge in [-0.15, -0.1) is 0 Å². The summed E-state index contributed by atoms with van der Waals surface area (Å²) in [5.41, 5.74) is 7.65. The van der Waals surface area contributed by atoms with Crippen molar-refractivity contribution in [3.8, 4) is 5.75 Å². The Morgan fingerprint density at radius 2 is 1.54 bits per heavy atom. The summed E-state index contributed by atoms with van der Waals surface area (Å²) in [6.45, 7) is 0. The number of carbonyl (C=O) groups excluding carboxylic acids is 2. The number of phenolic OH excluding ortho intramolecular Hbond substituents is 1. The number of anilines is 1. The van der Waals surface area contributed by atoms with E-state index in [4.69, 9.17) is 15.9 Å². The Hall–Kier alpha value is -2.70. The van der Waals surface area contributed by atoms with Crippen LogP contribution in [0.5, 0.6) is 5.75 Å². The molecule has 2 aromatic rings. The predicted octanol–water partition coefficient (Wildman–Crippen LogP) is 2.16. The molecule has 0 saturated heterocycles. The fourth-order valence-electron chi connectivity index (χ4n) is 3.38. The molecule has 0 unspecified atom stereocenters. The minimum Gasteiger partial charge on any atom is -0.507 e. The van der Waals surface area contributed by atoms with E-state index in [1.165, 1.54) is 6.07 Å². The Bertz CT molecular complexity index is 873. The second-order valence-corrected chi connectivity index (χ2v) is 6.50. The van der Waals surface area contributed by atoms with Crippen LogP contribution in [0.25, 0.3) is 0 Å². The van der Waals surface area contributed by atoms with Gasteiger partial charge in [0.15, 0.2) is 17.9 Å². The van der Waals surface area contributed by atoms with Crippen molar-refractivity contribution in [3.63, 3.8) is 0 Å². The number of hydrogen-bond donors (Lipinski definition) is 4. The van der Waals surface area contributed by atoms with Gasteiger partial charge in [-0.25, -0.2) is 0 Å². The van der Waals surface area contributed by atoms with Crippen LogP contribution in [0.1, 0.15) is 63.1 Å². The topological polar surface area (TPSA) is 121 Å². The van der Waals surface area contributed by atoms with Crippen LogP contribution in [0.4, 0.5) is 5.69 Å². The van der Waals surface area contributed by atoms with Crippen molar-refractivity contribution in [3.05, 3.63) is 58.1 Å². The third-order valence-corrected chi connectivity index (χ3v) is 4.71. The fourth-order valence-corrected chi connectivity index (χ4v) is 3.38. The smallest absolute Gasteiger partial charge is 0.198 e. The Morgan fingerprint density at radius 1 is 0.923 bits per heavy atom. The van der Waals surface area contributed by atoms with Gasteiger partial charge >= 0.3 is 0 Å². The summed E-state index contributed by atoms with van der Waals surface area (Å²) in [7, 11) is 0. The second kappa shape index (κ2) is 7.27. The Kier molecular flexibility index (Phi) is 5.06. The maximum atomic E-state index is 12.8. The highest BCUT2D eigenvalue weighted by molar-refractivity contribution is 6.31. The molecule has 0 amide bonds. The Balaban J connectivity index is 1.90. The predicted molar refractivity (Wildman–Crippen MR) is 96.2 cm³/mol. The number of ketones is 2. The van der Waals surface area contributed by atoms with Crippen LogP contribution in [0.15, 0.2) is 30.3 Å². The number of aryl methyl sites for hydroxylation is 1. The number of rotatable bonds is 6. The van der Waals surface area contributed by atoms with E-state index in [-0.39, 0.29) is 33.9 Å². The number of unbranched alkanes of at least 4 members (excludes halogenated alkanes) is 2. The standard InChI is InChI=1S/C20H21NO5/c21-18-11(6-2-1-3-9-15(23)24)10-14(22)16-17(18)20(26)13-8-5-4-7-12(13)19(16)25/h4-5,7-8,10,15,22-24H,1-3,6,9,21H2. The number of fused-ring (bicyclic) bond motifs is 2. The van der Waals surface area contributed by atoms with Crippen LogP contribution in [0.2, 0.25) is 0 Å². The molecule has 0 fully saturated rings. The zero-order valence-electron chi connectivity index (χ0n) is 14.2. The van der Waals surface area contributed by atoms with Crippen molar-refractivity contribution in [1.29, 1.82) is 0 Å². The van der Waals surface area contributed by atoms with Crippen molar-refractivity contribution < 1.29 is 24.9 Å². The molecule has 1 aliphatic rings. The molecule has 0 aromatic heterocycles. The molecule has 0 aliphatic heterocycles. The number of aliphatic hydroxyl groups excluding tert-OH is 1. The third kappa shape index (κ3) is 3.21. The molecule has 2 aromatic carbocycles. The van der Waals surface area contributed by atoms with Crippen LogP contribution in [-0.4, -0.2) is 33.2 Å². The average Bonchev–Trinajstić information content (AvgIpc) is 2.61. The van der Waals surface area contributed by atoms with Gasteiger partial charge in [0.2, 0.25) is 0 Å². The molecule has 0 bridgehead atoms. The minimum atomic E-state index is -1.31. The van der Waals surface area contributed by atoms with E-state index in [1.807, 2.05) is 0 Å². The van der Waals surface area contributed by atoms with Gasteiger partial charge in [-0.1, -0.05) is 30.7 Å². The van der Waals surface area contributed by atoms with Gasteiger partial charge in [0.1, 0.15) is 5.75 Å². The lowest BCUT2D eigenvalue weighted by molar-refractivity contribution is -0.0465. The molecular weight excluding hydrogens is 334 g/mol. The maximum Gasteiger partial charge on any atom is 0.198 e. The van der Waals surface area contributed by atoms with E-state index >= 15 is 0 Å². The quantitative estimate of drug-likeness (QED) is 0.233. The molecule has 26 heavy (non-hydrogen) atoms. The summed E-state index contributed by atoms with van der Waals surface area (Å²) in [5, 5.41) is 28.1. The highest BCUT2D eigenvalue weighted by Crippen LogP contribution is 2.38. The molecule has 0 atom stereocenters. The van der Waals surface area contributed by atoms with E-state index in [2.05, 4.69) is 0 Å². The minimum absolute atomic E-state index is 0.0293. The first-order valence-corrected chi connectivity index (χ1v) is 8.60. The van der Waals surface area contributed by atoms with Crippen molar-refractivity contribution in [1.82, 2.24) is 0 Å². The number of hydrogen-bond acceptors (Lipinski definition) is 6. The van der Waals surface area contributed by atoms with Crippen molar-refractivity contribution in [2.45, 2.75) is 38.4 Å². The molecule has 0 heterocycles. The van der Waals surface area contributed by atoms with Gasteiger partial charge < -0.3 is 21.1 Å². The maximum absolute atomic E-state index is 12.8. The third-order valence-electron chi connectivity index (χ3n) is 4.71. The number of carbonyl (C=O) groups is 2. The monoisotopic (exact) mass is 355 g/mol. The largest absolute Gasteiger partial charge is 0.507 e. The van der Waals surface area contributed by atoms with E-state index < -0.39 is 12.1 Å². The average molecular weight is 355 g/mol. The van der Waals surface area contributed by atoms with Gasteiger partial charge in [-0.05, 0) is 37.3 Å². The zero-order chi connectivity index (χ0) is 18.8. The van der Waals surface area contributed by atoms with Crippen LogP contribution in [-0.2, 0) is 6.42 Å². The van der Waals surface area contributed by atoms with Gasteiger partial charge in [-0.2, -0.15) is 0 Å². The number of benzene rings is 2.